The molecule has 120 valence electrons. The van der Waals surface area contributed by atoms with Crippen LogP contribution >= 0.6 is 0 Å². The molecule has 0 saturated carbocycles. The average Bonchev–Trinajstić information content (AvgIpc) is 2.46. The van der Waals surface area contributed by atoms with Crippen molar-refractivity contribution in [3.8, 4) is 11.1 Å². The summed E-state index contributed by atoms with van der Waals surface area (Å²) in [7, 11) is -3.78. The summed E-state index contributed by atoms with van der Waals surface area (Å²) in [6, 6.07) is 10.8. The van der Waals surface area contributed by atoms with E-state index in [0.717, 1.165) is 11.1 Å². The molecule has 0 amide bonds. The van der Waals surface area contributed by atoms with Crippen molar-refractivity contribution in [2.45, 2.75) is 24.7 Å². The number of amidine groups is 1. The van der Waals surface area contributed by atoms with Crippen LogP contribution in [0.1, 0.15) is 24.7 Å². The number of hydrogen-bond acceptors (Lipinski definition) is 5. The molecule has 1 unspecified atom stereocenters. The molecule has 0 saturated heterocycles. The van der Waals surface area contributed by atoms with E-state index in [0.29, 0.717) is 5.56 Å². The third kappa shape index (κ3) is 2.92. The second kappa shape index (κ2) is 5.34. The van der Waals surface area contributed by atoms with Gasteiger partial charge in [-0.2, -0.15) is 0 Å². The number of nitrogens with two attached hydrogens (primary N) is 1. The van der Waals surface area contributed by atoms with Gasteiger partial charge in [0.25, 0.3) is 16.0 Å². The fraction of sp³-hybridized carbons (Fsp3) is 0.250. The highest BCUT2D eigenvalue weighted by atomic mass is 32.2. The Labute approximate surface area is 135 Å². The van der Waals surface area contributed by atoms with E-state index < -0.39 is 20.9 Å². The van der Waals surface area contributed by atoms with Crippen molar-refractivity contribution < 1.29 is 13.2 Å². The van der Waals surface area contributed by atoms with Crippen molar-refractivity contribution >= 4 is 16.0 Å². The third-order valence-corrected chi connectivity index (χ3v) is 5.61. The quantitative estimate of drug-likeness (QED) is 0.910. The Balaban J connectivity index is 2.02. The zero-order chi connectivity index (χ0) is 16.7. The molecule has 7 heteroatoms. The number of nitrogens with zero attached hydrogens (tertiary/aromatic N) is 2. The number of pyridine rings is 1. The van der Waals surface area contributed by atoms with Gasteiger partial charge < -0.3 is 10.5 Å². The maximum absolute atomic E-state index is 12.4. The number of ether oxygens (including phenoxy) is 1. The van der Waals surface area contributed by atoms with Gasteiger partial charge in [-0.1, -0.05) is 24.3 Å². The smallest absolute Gasteiger partial charge is 0.298 e. The van der Waals surface area contributed by atoms with Crippen molar-refractivity contribution in [2.24, 2.45) is 10.1 Å². The summed E-state index contributed by atoms with van der Waals surface area (Å²) >= 11 is 0. The first-order valence-electron chi connectivity index (χ1n) is 7.08. The number of benzene rings is 1. The highest BCUT2D eigenvalue weighted by Crippen LogP contribution is 2.40. The van der Waals surface area contributed by atoms with Crippen molar-refractivity contribution in [3.63, 3.8) is 0 Å². The van der Waals surface area contributed by atoms with Crippen molar-refractivity contribution in [3.05, 3.63) is 54.4 Å². The molecular weight excluding hydrogens is 314 g/mol. The summed E-state index contributed by atoms with van der Waals surface area (Å²) in [6.07, 6.45) is 3.42. The molecule has 0 radical (unpaired) electrons. The van der Waals surface area contributed by atoms with Crippen LogP contribution in [0.15, 0.2) is 53.2 Å². The predicted molar refractivity (Wildman–Crippen MR) is 88.1 cm³/mol. The molecule has 6 nitrogen and oxygen atoms in total. The minimum absolute atomic E-state index is 0.320. The lowest BCUT2D eigenvalue weighted by Gasteiger charge is -2.36. The monoisotopic (exact) mass is 331 g/mol. The van der Waals surface area contributed by atoms with Crippen molar-refractivity contribution in [2.75, 3.05) is 0 Å². The SMILES string of the molecule is CC1(C)OC(N)=NS(=O)(=O)C1c1ccc(-c2ccncc2)cc1. The van der Waals surface area contributed by atoms with Crippen LogP contribution in [-0.2, 0) is 14.8 Å². The fourth-order valence-electron chi connectivity index (χ4n) is 2.85. The standard InChI is InChI=1S/C16H17N3O3S/c1-16(2)14(23(20,21)19-15(17)22-16)13-5-3-11(4-6-13)12-7-9-18-10-8-12/h3-10,14H,1-2H3,(H2,17,19). The van der Waals surface area contributed by atoms with E-state index in [1.54, 1.807) is 38.4 Å². The molecule has 1 aliphatic heterocycles. The Hall–Kier alpha value is -2.41. The molecule has 0 aliphatic carbocycles. The molecule has 2 heterocycles. The van der Waals surface area contributed by atoms with Gasteiger partial charge in [0.1, 0.15) is 10.9 Å². The summed E-state index contributed by atoms with van der Waals surface area (Å²) < 4.78 is 33.7. The van der Waals surface area contributed by atoms with Crippen LogP contribution in [0.2, 0.25) is 0 Å². The zero-order valence-corrected chi connectivity index (χ0v) is 13.6. The van der Waals surface area contributed by atoms with Crippen LogP contribution in [0.5, 0.6) is 0 Å². The molecule has 1 aliphatic rings. The van der Waals surface area contributed by atoms with Crippen molar-refractivity contribution in [1.29, 1.82) is 0 Å². The van der Waals surface area contributed by atoms with Crippen LogP contribution in [-0.4, -0.2) is 25.0 Å². The summed E-state index contributed by atoms with van der Waals surface area (Å²) in [5.74, 6) is 0. The first-order valence-corrected chi connectivity index (χ1v) is 8.58. The largest absolute Gasteiger partial charge is 0.457 e. The van der Waals surface area contributed by atoms with Gasteiger partial charge in [-0.15, -0.1) is 4.40 Å². The number of sulfonamides is 1. The molecular formula is C16H17N3O3S. The number of hydrogen-bond donors (Lipinski definition) is 1. The summed E-state index contributed by atoms with van der Waals surface area (Å²) in [5, 5.41) is -0.909. The number of rotatable bonds is 2. The van der Waals surface area contributed by atoms with Crippen LogP contribution in [0, 0.1) is 0 Å². The molecule has 1 aromatic carbocycles. The van der Waals surface area contributed by atoms with Gasteiger partial charge in [0.15, 0.2) is 0 Å². The first-order chi connectivity index (χ1) is 10.8. The summed E-state index contributed by atoms with van der Waals surface area (Å²) in [5.41, 5.74) is 7.07. The van der Waals surface area contributed by atoms with E-state index in [2.05, 4.69) is 9.38 Å². The van der Waals surface area contributed by atoms with Gasteiger partial charge in [0.05, 0.1) is 0 Å². The molecule has 23 heavy (non-hydrogen) atoms. The van der Waals surface area contributed by atoms with Crippen LogP contribution in [0.3, 0.4) is 0 Å². The van der Waals surface area contributed by atoms with Gasteiger partial charge in [-0.25, -0.2) is 8.42 Å². The van der Waals surface area contributed by atoms with E-state index in [4.69, 9.17) is 10.5 Å². The highest BCUT2D eigenvalue weighted by molar-refractivity contribution is 7.90. The molecule has 0 spiro atoms. The third-order valence-electron chi connectivity index (χ3n) is 3.74. The molecule has 0 bridgehead atoms. The predicted octanol–water partition coefficient (Wildman–Crippen LogP) is 2.24. The minimum Gasteiger partial charge on any atom is -0.457 e. The molecule has 2 N–H and O–H groups in total. The van der Waals surface area contributed by atoms with Gasteiger partial charge in [-0.3, -0.25) is 4.98 Å². The molecule has 3 rings (SSSR count). The van der Waals surface area contributed by atoms with Gasteiger partial charge >= 0.3 is 0 Å². The van der Waals surface area contributed by atoms with Crippen LogP contribution < -0.4 is 5.73 Å². The zero-order valence-electron chi connectivity index (χ0n) is 12.8. The van der Waals surface area contributed by atoms with Gasteiger partial charge in [0.2, 0.25) is 0 Å². The Morgan fingerprint density at radius 1 is 1.04 bits per heavy atom. The second-order valence-corrected chi connectivity index (χ2v) is 7.57. The molecule has 1 aromatic heterocycles. The fourth-order valence-corrected chi connectivity index (χ4v) is 4.51. The van der Waals surface area contributed by atoms with Gasteiger partial charge in [-0.05, 0) is 42.7 Å². The lowest BCUT2D eigenvalue weighted by molar-refractivity contribution is 0.0827. The maximum atomic E-state index is 12.4. The summed E-state index contributed by atoms with van der Waals surface area (Å²) in [6.45, 7) is 3.38. The maximum Gasteiger partial charge on any atom is 0.298 e. The molecule has 2 aromatic rings. The van der Waals surface area contributed by atoms with Crippen LogP contribution in [0.4, 0.5) is 0 Å². The Morgan fingerprint density at radius 3 is 2.17 bits per heavy atom. The van der Waals surface area contributed by atoms with E-state index in [1.165, 1.54) is 0 Å². The summed E-state index contributed by atoms with van der Waals surface area (Å²) in [4.78, 5) is 3.98. The average molecular weight is 331 g/mol. The minimum atomic E-state index is -3.78. The van der Waals surface area contributed by atoms with E-state index >= 15 is 0 Å². The Kier molecular flexibility index (Phi) is 3.60. The second-order valence-electron chi connectivity index (χ2n) is 5.89. The van der Waals surface area contributed by atoms with E-state index in [-0.39, 0.29) is 6.02 Å². The molecule has 1 atom stereocenters. The lowest BCUT2D eigenvalue weighted by atomic mass is 9.95. The Morgan fingerprint density at radius 2 is 1.61 bits per heavy atom. The molecule has 0 fully saturated rings. The highest BCUT2D eigenvalue weighted by Gasteiger charge is 2.46. The normalized spacial score (nSPS) is 22.0. The van der Waals surface area contributed by atoms with Gasteiger partial charge in [0, 0.05) is 12.4 Å². The lowest BCUT2D eigenvalue weighted by Crippen LogP contribution is -2.45. The first kappa shape index (κ1) is 15.5. The van der Waals surface area contributed by atoms with Crippen molar-refractivity contribution in [1.82, 2.24) is 4.98 Å². The van der Waals surface area contributed by atoms with E-state index in [1.807, 2.05) is 24.3 Å². The van der Waals surface area contributed by atoms with Crippen LogP contribution in [0.25, 0.3) is 11.1 Å². The number of aromatic nitrogens is 1. The topological polar surface area (TPSA) is 94.6 Å². The van der Waals surface area contributed by atoms with E-state index in [9.17, 15) is 8.42 Å². The Bertz CT molecular complexity index is 844.